The molecule has 1 amide bonds. The summed E-state index contributed by atoms with van der Waals surface area (Å²) in [5, 5.41) is 1.21. The molecule has 25 heavy (non-hydrogen) atoms. The van der Waals surface area contributed by atoms with Crippen molar-refractivity contribution in [2.75, 3.05) is 19.3 Å². The highest BCUT2D eigenvalue weighted by atomic mass is 32.2. The van der Waals surface area contributed by atoms with Gasteiger partial charge < -0.3 is 4.90 Å². The van der Waals surface area contributed by atoms with Gasteiger partial charge in [-0.15, -0.1) is 22.7 Å². The molecule has 3 aromatic rings. The summed E-state index contributed by atoms with van der Waals surface area (Å²) < 4.78 is 28.9. The number of amides is 1. The number of thiophene rings is 2. The van der Waals surface area contributed by atoms with E-state index in [4.69, 9.17) is 0 Å². The molecule has 1 aliphatic heterocycles. The zero-order chi connectivity index (χ0) is 17.6. The average molecular weight is 395 g/mol. The molecule has 0 atom stereocenters. The molecule has 0 spiro atoms. The largest absolute Gasteiger partial charge is 0.338 e. The molecule has 0 aliphatic carbocycles. The molecule has 1 N–H and O–H groups in total. The predicted molar refractivity (Wildman–Crippen MR) is 104 cm³/mol. The topological polar surface area (TPSA) is 66.5 Å². The molecule has 1 fully saturated rings. The number of benzene rings is 1. The molecule has 5 nitrogen and oxygen atoms in total. The first kappa shape index (κ1) is 17.0. The second-order valence-corrected chi connectivity index (χ2v) is 10.3. The fourth-order valence-corrected chi connectivity index (χ4v) is 6.60. The van der Waals surface area contributed by atoms with E-state index in [1.807, 2.05) is 23.1 Å². The van der Waals surface area contributed by atoms with Crippen molar-refractivity contribution in [3.63, 3.8) is 0 Å². The average Bonchev–Trinajstić information content (AvgIpc) is 3.11. The van der Waals surface area contributed by atoms with E-state index in [1.54, 1.807) is 22.7 Å². The number of sulfonamides is 1. The highest BCUT2D eigenvalue weighted by Crippen LogP contribution is 2.39. The number of nitrogens with zero attached hydrogens (tertiary/aromatic N) is 1. The summed E-state index contributed by atoms with van der Waals surface area (Å²) in [6, 6.07) is 10.2. The summed E-state index contributed by atoms with van der Waals surface area (Å²) in [6.07, 6.45) is 2.48. The molecular weight excluding hydrogens is 376 g/mol. The van der Waals surface area contributed by atoms with Crippen LogP contribution >= 0.6 is 22.7 Å². The normalized spacial score (nSPS) is 16.8. The van der Waals surface area contributed by atoms with Gasteiger partial charge in [0.05, 0.1) is 15.8 Å². The predicted octanol–water partition coefficient (Wildman–Crippen LogP) is 3.27. The van der Waals surface area contributed by atoms with E-state index >= 15 is 0 Å². The monoisotopic (exact) mass is 394 g/mol. The highest BCUT2D eigenvalue weighted by molar-refractivity contribution is 7.88. The molecule has 4 rings (SSSR count). The number of hydrogen-bond acceptors (Lipinski definition) is 5. The van der Waals surface area contributed by atoms with Crippen molar-refractivity contribution in [1.82, 2.24) is 9.62 Å². The second kappa shape index (κ2) is 6.35. The van der Waals surface area contributed by atoms with Gasteiger partial charge in [-0.1, -0.05) is 18.2 Å². The van der Waals surface area contributed by atoms with Crippen molar-refractivity contribution in [2.24, 2.45) is 0 Å². The maximum absolute atomic E-state index is 12.8. The molecule has 132 valence electrons. The SMILES string of the molecule is CS(=O)(=O)NC1CCN(C(=O)c2cc3sc4ccccc4c3s2)CC1. The Morgan fingerprint density at radius 2 is 1.88 bits per heavy atom. The zero-order valence-corrected chi connectivity index (χ0v) is 16.1. The third-order valence-corrected chi connectivity index (χ3v) is 7.59. The summed E-state index contributed by atoms with van der Waals surface area (Å²) in [4.78, 5) is 15.4. The third-order valence-electron chi connectivity index (χ3n) is 4.42. The minimum Gasteiger partial charge on any atom is -0.338 e. The fraction of sp³-hybridized carbons (Fsp3) is 0.353. The number of carbonyl (C=O) groups excluding carboxylic acids is 1. The number of likely N-dealkylation sites (tertiary alicyclic amines) is 1. The Labute approximate surface area is 154 Å². The van der Waals surface area contributed by atoms with Gasteiger partial charge in [-0.2, -0.15) is 0 Å². The van der Waals surface area contributed by atoms with E-state index in [1.165, 1.54) is 21.0 Å². The van der Waals surface area contributed by atoms with E-state index in [2.05, 4.69) is 16.9 Å². The standard InChI is InChI=1S/C17H18N2O3S3/c1-25(21,22)18-11-6-8-19(9-7-11)17(20)15-10-14-16(24-15)12-4-2-3-5-13(12)23-14/h2-5,10-11,18H,6-9H2,1H3. The smallest absolute Gasteiger partial charge is 0.263 e. The minimum absolute atomic E-state index is 0.0512. The minimum atomic E-state index is -3.19. The van der Waals surface area contributed by atoms with Gasteiger partial charge in [0.15, 0.2) is 0 Å². The summed E-state index contributed by atoms with van der Waals surface area (Å²) in [7, 11) is -3.19. The van der Waals surface area contributed by atoms with Crippen LogP contribution in [0.1, 0.15) is 22.5 Å². The third kappa shape index (κ3) is 3.44. The van der Waals surface area contributed by atoms with Crippen molar-refractivity contribution in [3.05, 3.63) is 35.2 Å². The van der Waals surface area contributed by atoms with Gasteiger partial charge in [0.1, 0.15) is 0 Å². The first-order valence-corrected chi connectivity index (χ1v) is 11.6. The summed E-state index contributed by atoms with van der Waals surface area (Å²) in [6.45, 7) is 1.16. The number of nitrogens with one attached hydrogen (secondary N) is 1. The molecular formula is C17H18N2O3S3. The lowest BCUT2D eigenvalue weighted by molar-refractivity contribution is 0.0716. The van der Waals surface area contributed by atoms with Gasteiger partial charge in [-0.25, -0.2) is 13.1 Å². The van der Waals surface area contributed by atoms with Crippen molar-refractivity contribution in [3.8, 4) is 0 Å². The second-order valence-electron chi connectivity index (χ2n) is 6.36. The summed E-state index contributed by atoms with van der Waals surface area (Å²) >= 11 is 3.27. The number of fused-ring (bicyclic) bond motifs is 3. The summed E-state index contributed by atoms with van der Waals surface area (Å²) in [5.74, 6) is 0.0512. The van der Waals surface area contributed by atoms with Crippen LogP contribution in [0, 0.1) is 0 Å². The molecule has 0 unspecified atom stereocenters. The van der Waals surface area contributed by atoms with Crippen LogP contribution in [-0.4, -0.2) is 44.6 Å². The van der Waals surface area contributed by atoms with Crippen LogP contribution in [0.5, 0.6) is 0 Å². The lowest BCUT2D eigenvalue weighted by Crippen LogP contribution is -2.46. The van der Waals surface area contributed by atoms with E-state index < -0.39 is 10.0 Å². The van der Waals surface area contributed by atoms with Crippen molar-refractivity contribution >= 4 is 58.1 Å². The first-order valence-electron chi connectivity index (χ1n) is 8.08. The zero-order valence-electron chi connectivity index (χ0n) is 13.7. The van der Waals surface area contributed by atoms with Crippen LogP contribution in [0.3, 0.4) is 0 Å². The van der Waals surface area contributed by atoms with Gasteiger partial charge >= 0.3 is 0 Å². The lowest BCUT2D eigenvalue weighted by atomic mass is 10.1. The number of carbonyl (C=O) groups is 1. The van der Waals surface area contributed by atoms with Crippen LogP contribution in [0.15, 0.2) is 30.3 Å². The highest BCUT2D eigenvalue weighted by Gasteiger charge is 2.26. The Balaban J connectivity index is 1.51. The van der Waals surface area contributed by atoms with Crippen molar-refractivity contribution in [2.45, 2.75) is 18.9 Å². The van der Waals surface area contributed by atoms with Crippen LogP contribution in [-0.2, 0) is 10.0 Å². The molecule has 1 saturated heterocycles. The first-order chi connectivity index (χ1) is 11.9. The number of piperidine rings is 1. The lowest BCUT2D eigenvalue weighted by Gasteiger charge is -2.31. The molecule has 8 heteroatoms. The van der Waals surface area contributed by atoms with Crippen molar-refractivity contribution < 1.29 is 13.2 Å². The van der Waals surface area contributed by atoms with Crippen LogP contribution < -0.4 is 4.72 Å². The van der Waals surface area contributed by atoms with Gasteiger partial charge in [-0.3, -0.25) is 4.79 Å². The Morgan fingerprint density at radius 1 is 1.16 bits per heavy atom. The molecule has 0 radical (unpaired) electrons. The molecule has 3 heterocycles. The summed E-state index contributed by atoms with van der Waals surface area (Å²) in [5.41, 5.74) is 0. The van der Waals surface area contributed by atoms with Crippen LogP contribution in [0.2, 0.25) is 0 Å². The molecule has 1 aromatic carbocycles. The Kier molecular flexibility index (Phi) is 4.31. The Bertz CT molecular complexity index is 1040. The van der Waals surface area contributed by atoms with Crippen LogP contribution in [0.25, 0.3) is 19.5 Å². The maximum Gasteiger partial charge on any atom is 0.263 e. The van der Waals surface area contributed by atoms with Gasteiger partial charge in [0.25, 0.3) is 5.91 Å². The fourth-order valence-electron chi connectivity index (χ4n) is 3.26. The number of rotatable bonds is 3. The van der Waals surface area contributed by atoms with E-state index in [9.17, 15) is 13.2 Å². The van der Waals surface area contributed by atoms with E-state index in [0.29, 0.717) is 25.9 Å². The van der Waals surface area contributed by atoms with E-state index in [-0.39, 0.29) is 11.9 Å². The molecule has 0 bridgehead atoms. The Morgan fingerprint density at radius 3 is 2.60 bits per heavy atom. The maximum atomic E-state index is 12.8. The van der Waals surface area contributed by atoms with Gasteiger partial charge in [0.2, 0.25) is 10.0 Å². The van der Waals surface area contributed by atoms with Crippen molar-refractivity contribution in [1.29, 1.82) is 0 Å². The molecule has 2 aromatic heterocycles. The Hall–Kier alpha value is -1.48. The number of hydrogen-bond donors (Lipinski definition) is 1. The molecule has 1 aliphatic rings. The van der Waals surface area contributed by atoms with E-state index in [0.717, 1.165) is 9.58 Å². The van der Waals surface area contributed by atoms with Gasteiger partial charge in [-0.05, 0) is 25.0 Å². The van der Waals surface area contributed by atoms with Crippen LogP contribution in [0.4, 0.5) is 0 Å². The molecule has 0 saturated carbocycles. The quantitative estimate of drug-likeness (QED) is 0.741. The van der Waals surface area contributed by atoms with Gasteiger partial charge in [0, 0.05) is 33.9 Å².